The third-order valence-electron chi connectivity index (χ3n) is 2.54. The third-order valence-corrected chi connectivity index (χ3v) is 4.20. The van der Waals surface area contributed by atoms with E-state index in [0.29, 0.717) is 6.07 Å². The molecule has 0 radical (unpaired) electrons. The number of rotatable bonds is 3. The second-order valence-electron chi connectivity index (χ2n) is 3.99. The first kappa shape index (κ1) is 15.2. The second kappa shape index (κ2) is 5.68. The zero-order valence-electron chi connectivity index (χ0n) is 10.3. The zero-order chi connectivity index (χ0) is 15.6. The minimum atomic E-state index is -4.10. The normalized spacial score (nSPS) is 11.0. The maximum atomic E-state index is 13.6. The maximum absolute atomic E-state index is 13.6. The van der Waals surface area contributed by atoms with Gasteiger partial charge in [-0.25, -0.2) is 17.2 Å². The standard InChI is InChI=1S/C13H7ClF2N2O2S/c14-11-5-9(15)6-12(16)13(11)18-21(19,20)10-3-1-8(7-17)2-4-10/h1-6,18H. The van der Waals surface area contributed by atoms with Gasteiger partial charge < -0.3 is 0 Å². The van der Waals surface area contributed by atoms with Crippen LogP contribution in [0.4, 0.5) is 14.5 Å². The Bertz CT molecular complexity index is 807. The van der Waals surface area contributed by atoms with E-state index >= 15 is 0 Å². The number of nitrogens with one attached hydrogen (secondary N) is 1. The average Bonchev–Trinajstić information content (AvgIpc) is 2.43. The quantitative estimate of drug-likeness (QED) is 0.939. The molecule has 0 unspecified atom stereocenters. The number of sulfonamides is 1. The number of anilines is 1. The number of nitrogens with zero attached hydrogens (tertiary/aromatic N) is 1. The van der Waals surface area contributed by atoms with Gasteiger partial charge in [0.15, 0.2) is 5.82 Å². The van der Waals surface area contributed by atoms with Crippen LogP contribution in [0.3, 0.4) is 0 Å². The Morgan fingerprint density at radius 2 is 1.76 bits per heavy atom. The van der Waals surface area contributed by atoms with E-state index in [1.54, 1.807) is 0 Å². The Morgan fingerprint density at radius 3 is 2.29 bits per heavy atom. The summed E-state index contributed by atoms with van der Waals surface area (Å²) in [7, 11) is -4.10. The molecule has 0 aliphatic rings. The molecule has 0 bridgehead atoms. The maximum Gasteiger partial charge on any atom is 0.262 e. The van der Waals surface area contributed by atoms with Crippen molar-refractivity contribution in [1.29, 1.82) is 5.26 Å². The van der Waals surface area contributed by atoms with Crippen molar-refractivity contribution in [2.45, 2.75) is 4.90 Å². The molecule has 21 heavy (non-hydrogen) atoms. The fourth-order valence-electron chi connectivity index (χ4n) is 1.54. The van der Waals surface area contributed by atoms with E-state index in [4.69, 9.17) is 16.9 Å². The molecule has 0 saturated carbocycles. The van der Waals surface area contributed by atoms with Crippen molar-refractivity contribution in [3.63, 3.8) is 0 Å². The van der Waals surface area contributed by atoms with E-state index < -0.39 is 32.4 Å². The fourth-order valence-corrected chi connectivity index (χ4v) is 2.93. The highest BCUT2D eigenvalue weighted by molar-refractivity contribution is 7.92. The zero-order valence-corrected chi connectivity index (χ0v) is 11.8. The molecule has 2 aromatic carbocycles. The number of halogens is 3. The van der Waals surface area contributed by atoms with Gasteiger partial charge in [-0.2, -0.15) is 5.26 Å². The topological polar surface area (TPSA) is 70.0 Å². The lowest BCUT2D eigenvalue weighted by molar-refractivity contribution is 0.583. The molecule has 0 spiro atoms. The number of hydrogen-bond acceptors (Lipinski definition) is 3. The van der Waals surface area contributed by atoms with Crippen molar-refractivity contribution in [1.82, 2.24) is 0 Å². The summed E-state index contributed by atoms with van der Waals surface area (Å²) in [5.41, 5.74) is -0.262. The summed E-state index contributed by atoms with van der Waals surface area (Å²) in [6.45, 7) is 0. The summed E-state index contributed by atoms with van der Waals surface area (Å²) in [6.07, 6.45) is 0. The molecule has 2 rings (SSSR count). The summed E-state index contributed by atoms with van der Waals surface area (Å²) < 4.78 is 52.6. The predicted octanol–water partition coefficient (Wildman–Crippen LogP) is 3.29. The molecule has 1 N–H and O–H groups in total. The van der Waals surface area contributed by atoms with E-state index in [1.165, 1.54) is 24.3 Å². The molecule has 0 saturated heterocycles. The molecule has 0 amide bonds. The van der Waals surface area contributed by atoms with Crippen molar-refractivity contribution in [3.8, 4) is 6.07 Å². The number of benzene rings is 2. The van der Waals surface area contributed by atoms with Crippen LogP contribution in [-0.2, 0) is 10.0 Å². The van der Waals surface area contributed by atoms with E-state index in [9.17, 15) is 17.2 Å². The summed E-state index contributed by atoms with van der Waals surface area (Å²) >= 11 is 5.63. The number of hydrogen-bond donors (Lipinski definition) is 1. The molecule has 8 heteroatoms. The van der Waals surface area contributed by atoms with Crippen LogP contribution in [0, 0.1) is 23.0 Å². The Morgan fingerprint density at radius 1 is 1.14 bits per heavy atom. The van der Waals surface area contributed by atoms with E-state index in [-0.39, 0.29) is 10.5 Å². The van der Waals surface area contributed by atoms with Crippen LogP contribution >= 0.6 is 11.6 Å². The van der Waals surface area contributed by atoms with Crippen LogP contribution in [0.1, 0.15) is 5.56 Å². The van der Waals surface area contributed by atoms with E-state index in [1.807, 2.05) is 10.8 Å². The van der Waals surface area contributed by atoms with Gasteiger partial charge >= 0.3 is 0 Å². The van der Waals surface area contributed by atoms with Gasteiger partial charge in [0.25, 0.3) is 10.0 Å². The Labute approximate surface area is 124 Å². The molecular formula is C13H7ClF2N2O2S. The van der Waals surface area contributed by atoms with Gasteiger partial charge in [0.05, 0.1) is 21.6 Å². The monoisotopic (exact) mass is 328 g/mol. The largest absolute Gasteiger partial charge is 0.275 e. The third kappa shape index (κ3) is 3.29. The smallest absolute Gasteiger partial charge is 0.262 e. The highest BCUT2D eigenvalue weighted by Crippen LogP contribution is 2.28. The van der Waals surface area contributed by atoms with Crippen LogP contribution in [0.5, 0.6) is 0 Å². The van der Waals surface area contributed by atoms with Gasteiger partial charge in [0.2, 0.25) is 0 Å². The van der Waals surface area contributed by atoms with E-state index in [0.717, 1.165) is 6.07 Å². The Hall–Kier alpha value is -2.17. The first-order chi connectivity index (χ1) is 9.83. The minimum absolute atomic E-state index is 0.179. The van der Waals surface area contributed by atoms with Crippen molar-refractivity contribution in [3.05, 3.63) is 58.6 Å². The fraction of sp³-hybridized carbons (Fsp3) is 0. The van der Waals surface area contributed by atoms with Crippen LogP contribution in [-0.4, -0.2) is 8.42 Å². The summed E-state index contributed by atoms with van der Waals surface area (Å²) in [4.78, 5) is -0.179. The molecule has 0 fully saturated rings. The molecule has 108 valence electrons. The van der Waals surface area contributed by atoms with E-state index in [2.05, 4.69) is 0 Å². The molecular weight excluding hydrogens is 322 g/mol. The van der Waals surface area contributed by atoms with Gasteiger partial charge in [-0.1, -0.05) is 11.6 Å². The predicted molar refractivity (Wildman–Crippen MR) is 73.3 cm³/mol. The van der Waals surface area contributed by atoms with Gasteiger partial charge in [0, 0.05) is 6.07 Å². The molecule has 2 aromatic rings. The van der Waals surface area contributed by atoms with Crippen LogP contribution in [0.25, 0.3) is 0 Å². The summed E-state index contributed by atoms with van der Waals surface area (Å²) in [5.74, 6) is -2.05. The van der Waals surface area contributed by atoms with Crippen molar-refractivity contribution in [2.24, 2.45) is 0 Å². The van der Waals surface area contributed by atoms with Crippen molar-refractivity contribution < 1.29 is 17.2 Å². The Balaban J connectivity index is 2.40. The molecule has 0 aromatic heterocycles. The van der Waals surface area contributed by atoms with Crippen molar-refractivity contribution in [2.75, 3.05) is 4.72 Å². The highest BCUT2D eigenvalue weighted by atomic mass is 35.5. The number of nitriles is 1. The van der Waals surface area contributed by atoms with Gasteiger partial charge in [-0.05, 0) is 30.3 Å². The van der Waals surface area contributed by atoms with Crippen LogP contribution in [0.15, 0.2) is 41.3 Å². The van der Waals surface area contributed by atoms with Gasteiger partial charge in [-0.15, -0.1) is 0 Å². The minimum Gasteiger partial charge on any atom is -0.275 e. The van der Waals surface area contributed by atoms with Crippen LogP contribution < -0.4 is 4.72 Å². The lowest BCUT2D eigenvalue weighted by Crippen LogP contribution is -2.14. The molecule has 0 aliphatic carbocycles. The summed E-state index contributed by atoms with van der Waals surface area (Å²) in [5, 5.41) is 8.25. The summed E-state index contributed by atoms with van der Waals surface area (Å²) in [6, 6.07) is 8.14. The lowest BCUT2D eigenvalue weighted by atomic mass is 10.2. The highest BCUT2D eigenvalue weighted by Gasteiger charge is 2.19. The first-order valence-corrected chi connectivity index (χ1v) is 7.37. The Kier molecular flexibility index (Phi) is 4.11. The van der Waals surface area contributed by atoms with Gasteiger partial charge in [-0.3, -0.25) is 4.72 Å². The molecule has 0 aliphatic heterocycles. The average molecular weight is 329 g/mol. The molecule has 0 heterocycles. The second-order valence-corrected chi connectivity index (χ2v) is 6.08. The SMILES string of the molecule is N#Cc1ccc(S(=O)(=O)Nc2c(F)cc(F)cc2Cl)cc1. The molecule has 4 nitrogen and oxygen atoms in total. The van der Waals surface area contributed by atoms with Crippen molar-refractivity contribution >= 4 is 27.3 Å². The van der Waals surface area contributed by atoms with Gasteiger partial charge in [0.1, 0.15) is 11.5 Å². The molecule has 0 atom stereocenters. The van der Waals surface area contributed by atoms with Crippen LogP contribution in [0.2, 0.25) is 5.02 Å². The lowest BCUT2D eigenvalue weighted by Gasteiger charge is -2.10. The first-order valence-electron chi connectivity index (χ1n) is 5.51.